The van der Waals surface area contributed by atoms with Crippen LogP contribution in [0.25, 0.3) is 0 Å². The van der Waals surface area contributed by atoms with Crippen LogP contribution in [0.4, 0.5) is 15.8 Å². The predicted octanol–water partition coefficient (Wildman–Crippen LogP) is 4.66. The summed E-state index contributed by atoms with van der Waals surface area (Å²) in [7, 11) is 0. The second-order valence-electron chi connectivity index (χ2n) is 6.69. The standard InChI is InChI=1S/C19H22BrFN2O3/c1-10-8-23(9-11(2)25-10)16-6-5-14(7-15(16)21)22-19(24)17-12(3)26-13(4)18(17)20/h5-7,10-11H,8-9H2,1-4H3,(H,22,24). The van der Waals surface area contributed by atoms with E-state index in [-0.39, 0.29) is 23.9 Å². The molecule has 0 spiro atoms. The van der Waals surface area contributed by atoms with Crippen LogP contribution >= 0.6 is 15.9 Å². The molecule has 1 aliphatic rings. The number of carbonyl (C=O) groups is 1. The maximum atomic E-state index is 14.6. The molecule has 3 rings (SSSR count). The van der Waals surface area contributed by atoms with Gasteiger partial charge in [-0.15, -0.1) is 0 Å². The molecule has 0 aliphatic carbocycles. The van der Waals surface area contributed by atoms with Crippen LogP contribution in [0.15, 0.2) is 27.1 Å². The molecule has 0 saturated carbocycles. The summed E-state index contributed by atoms with van der Waals surface area (Å²) in [6.45, 7) is 8.70. The van der Waals surface area contributed by atoms with Gasteiger partial charge in [-0.25, -0.2) is 4.39 Å². The molecule has 2 aromatic rings. The van der Waals surface area contributed by atoms with Crippen molar-refractivity contribution in [2.45, 2.75) is 39.9 Å². The normalized spacial score (nSPS) is 20.3. The molecule has 0 radical (unpaired) electrons. The van der Waals surface area contributed by atoms with Gasteiger partial charge in [0.05, 0.1) is 27.9 Å². The number of amides is 1. The number of carbonyl (C=O) groups excluding carboxylic acids is 1. The summed E-state index contributed by atoms with van der Waals surface area (Å²) in [6.07, 6.45) is 0.0874. The van der Waals surface area contributed by atoms with E-state index in [1.54, 1.807) is 26.0 Å². The van der Waals surface area contributed by atoms with E-state index in [2.05, 4.69) is 21.2 Å². The van der Waals surface area contributed by atoms with Crippen molar-refractivity contribution in [1.82, 2.24) is 0 Å². The number of furan rings is 1. The second-order valence-corrected chi connectivity index (χ2v) is 7.48. The number of hydrogen-bond acceptors (Lipinski definition) is 4. The van der Waals surface area contributed by atoms with Crippen molar-refractivity contribution in [1.29, 1.82) is 0 Å². The summed E-state index contributed by atoms with van der Waals surface area (Å²) in [5.74, 6) is 0.431. The Kier molecular flexibility index (Phi) is 5.39. The van der Waals surface area contributed by atoms with Crippen LogP contribution in [0.2, 0.25) is 0 Å². The van der Waals surface area contributed by atoms with Crippen molar-refractivity contribution >= 4 is 33.2 Å². The van der Waals surface area contributed by atoms with Gasteiger partial charge >= 0.3 is 0 Å². The van der Waals surface area contributed by atoms with Crippen LogP contribution in [0.3, 0.4) is 0 Å². The molecular formula is C19H22BrFN2O3. The van der Waals surface area contributed by atoms with Gasteiger partial charge in [-0.3, -0.25) is 4.79 Å². The zero-order chi connectivity index (χ0) is 19.0. The van der Waals surface area contributed by atoms with Gasteiger partial charge < -0.3 is 19.4 Å². The lowest BCUT2D eigenvalue weighted by molar-refractivity contribution is -0.00539. The van der Waals surface area contributed by atoms with Gasteiger partial charge in [0.15, 0.2) is 0 Å². The van der Waals surface area contributed by atoms with Crippen LogP contribution in [0.5, 0.6) is 0 Å². The van der Waals surface area contributed by atoms with Crippen molar-refractivity contribution in [3.8, 4) is 0 Å². The molecule has 1 fully saturated rings. The van der Waals surface area contributed by atoms with E-state index in [1.165, 1.54) is 6.07 Å². The Hall–Kier alpha value is -1.86. The average Bonchev–Trinajstić information content (AvgIpc) is 2.79. The third-order valence-corrected chi connectivity index (χ3v) is 5.33. The molecule has 2 heterocycles. The fraction of sp³-hybridized carbons (Fsp3) is 0.421. The molecule has 5 nitrogen and oxygen atoms in total. The summed E-state index contributed by atoms with van der Waals surface area (Å²) >= 11 is 3.36. The largest absolute Gasteiger partial charge is 0.465 e. The van der Waals surface area contributed by atoms with Crippen molar-refractivity contribution in [3.05, 3.63) is 45.6 Å². The molecule has 2 atom stereocenters. The van der Waals surface area contributed by atoms with E-state index < -0.39 is 0 Å². The molecule has 1 aromatic heterocycles. The minimum Gasteiger partial charge on any atom is -0.465 e. The molecule has 1 aliphatic heterocycles. The van der Waals surface area contributed by atoms with Crippen LogP contribution in [-0.4, -0.2) is 31.2 Å². The zero-order valence-corrected chi connectivity index (χ0v) is 16.8. The lowest BCUT2D eigenvalue weighted by atomic mass is 10.1. The Morgan fingerprint density at radius 2 is 1.88 bits per heavy atom. The zero-order valence-electron chi connectivity index (χ0n) is 15.2. The number of benzene rings is 1. The fourth-order valence-corrected chi connectivity index (χ4v) is 3.87. The number of anilines is 2. The fourth-order valence-electron chi connectivity index (χ4n) is 3.32. The van der Waals surface area contributed by atoms with Gasteiger partial charge in [-0.1, -0.05) is 0 Å². The van der Waals surface area contributed by atoms with E-state index in [0.29, 0.717) is 46.0 Å². The highest BCUT2D eigenvalue weighted by molar-refractivity contribution is 9.10. The maximum Gasteiger partial charge on any atom is 0.260 e. The quantitative estimate of drug-likeness (QED) is 0.777. The topological polar surface area (TPSA) is 54.7 Å². The minimum atomic E-state index is -0.372. The van der Waals surface area contributed by atoms with E-state index in [1.807, 2.05) is 18.7 Å². The smallest absolute Gasteiger partial charge is 0.260 e. The van der Waals surface area contributed by atoms with Crippen molar-refractivity contribution in [3.63, 3.8) is 0 Å². The van der Waals surface area contributed by atoms with E-state index in [0.717, 1.165) is 0 Å². The third kappa shape index (κ3) is 3.78. The van der Waals surface area contributed by atoms with Crippen LogP contribution in [-0.2, 0) is 4.74 Å². The number of morpholine rings is 1. The Balaban J connectivity index is 1.78. The van der Waals surface area contributed by atoms with Gasteiger partial charge in [0.1, 0.15) is 17.3 Å². The Morgan fingerprint density at radius 1 is 1.23 bits per heavy atom. The SMILES string of the molecule is Cc1oc(C)c(C(=O)Nc2ccc(N3CC(C)OC(C)C3)c(F)c2)c1Br. The van der Waals surface area contributed by atoms with E-state index >= 15 is 0 Å². The first-order chi connectivity index (χ1) is 12.3. The average molecular weight is 425 g/mol. The lowest BCUT2D eigenvalue weighted by Crippen LogP contribution is -2.45. The first-order valence-electron chi connectivity index (χ1n) is 8.53. The number of ether oxygens (including phenoxy) is 1. The summed E-state index contributed by atoms with van der Waals surface area (Å²) in [6, 6.07) is 4.74. The first kappa shape index (κ1) is 18.9. The summed E-state index contributed by atoms with van der Waals surface area (Å²) in [5, 5.41) is 2.73. The minimum absolute atomic E-state index is 0.0437. The van der Waals surface area contributed by atoms with Gasteiger partial charge in [-0.2, -0.15) is 0 Å². The highest BCUT2D eigenvalue weighted by atomic mass is 79.9. The monoisotopic (exact) mass is 424 g/mol. The Morgan fingerprint density at radius 3 is 2.42 bits per heavy atom. The molecule has 1 aromatic carbocycles. The molecule has 2 unspecified atom stereocenters. The molecule has 7 heteroatoms. The highest BCUT2D eigenvalue weighted by Crippen LogP contribution is 2.29. The number of nitrogens with zero attached hydrogens (tertiary/aromatic N) is 1. The van der Waals surface area contributed by atoms with E-state index in [4.69, 9.17) is 9.15 Å². The number of hydrogen-bond donors (Lipinski definition) is 1. The summed E-state index contributed by atoms with van der Waals surface area (Å²) in [5.41, 5.74) is 1.33. The third-order valence-electron chi connectivity index (χ3n) is 4.38. The van der Waals surface area contributed by atoms with Gasteiger partial charge in [-0.05, 0) is 61.8 Å². The number of aryl methyl sites for hydroxylation is 2. The van der Waals surface area contributed by atoms with Crippen LogP contribution < -0.4 is 10.2 Å². The molecule has 1 amide bonds. The van der Waals surface area contributed by atoms with Crippen molar-refractivity contribution < 1.29 is 18.3 Å². The molecule has 26 heavy (non-hydrogen) atoms. The van der Waals surface area contributed by atoms with Crippen LogP contribution in [0.1, 0.15) is 35.7 Å². The van der Waals surface area contributed by atoms with Crippen molar-refractivity contribution in [2.75, 3.05) is 23.3 Å². The van der Waals surface area contributed by atoms with Crippen LogP contribution in [0, 0.1) is 19.7 Å². The molecule has 140 valence electrons. The van der Waals surface area contributed by atoms with Crippen molar-refractivity contribution in [2.24, 2.45) is 0 Å². The van der Waals surface area contributed by atoms with Gasteiger partial charge in [0.25, 0.3) is 5.91 Å². The van der Waals surface area contributed by atoms with E-state index in [9.17, 15) is 9.18 Å². The first-order valence-corrected chi connectivity index (χ1v) is 9.32. The number of halogens is 2. The second kappa shape index (κ2) is 7.40. The number of rotatable bonds is 3. The molecule has 0 bridgehead atoms. The van der Waals surface area contributed by atoms with Gasteiger partial charge in [0, 0.05) is 18.8 Å². The lowest BCUT2D eigenvalue weighted by Gasteiger charge is -2.37. The summed E-state index contributed by atoms with van der Waals surface area (Å²) in [4.78, 5) is 14.5. The highest BCUT2D eigenvalue weighted by Gasteiger charge is 2.25. The Bertz CT molecular complexity index is 826. The predicted molar refractivity (Wildman–Crippen MR) is 102 cm³/mol. The van der Waals surface area contributed by atoms with Gasteiger partial charge in [0.2, 0.25) is 0 Å². The number of nitrogens with one attached hydrogen (secondary N) is 1. The summed E-state index contributed by atoms with van der Waals surface area (Å²) < 4.78 is 26.4. The molecule has 1 N–H and O–H groups in total. The molecular weight excluding hydrogens is 403 g/mol. The Labute approximate surface area is 160 Å². The maximum absolute atomic E-state index is 14.6. The molecule has 1 saturated heterocycles.